The van der Waals surface area contributed by atoms with Crippen LogP contribution in [0.5, 0.6) is 0 Å². The van der Waals surface area contributed by atoms with Crippen molar-refractivity contribution >= 4 is 5.91 Å². The first kappa shape index (κ1) is 11.1. The highest BCUT2D eigenvalue weighted by Gasteiger charge is 2.32. The summed E-state index contributed by atoms with van der Waals surface area (Å²) in [7, 11) is 0. The van der Waals surface area contributed by atoms with E-state index in [1.165, 1.54) is 0 Å². The van der Waals surface area contributed by atoms with Gasteiger partial charge in [-0.3, -0.25) is 4.79 Å². The maximum Gasteiger partial charge on any atom is 0.224 e. The zero-order valence-corrected chi connectivity index (χ0v) is 8.97. The molecule has 0 spiro atoms. The van der Waals surface area contributed by atoms with E-state index >= 15 is 0 Å². The maximum absolute atomic E-state index is 11.8. The molecule has 1 aliphatic heterocycles. The molecule has 0 unspecified atom stereocenters. The molecule has 1 fully saturated rings. The van der Waals surface area contributed by atoms with Crippen LogP contribution in [0.1, 0.15) is 26.7 Å². The minimum atomic E-state index is -0.0794. The molecule has 0 radical (unpaired) electrons. The Hall–Kier alpha value is -1.01. The largest absolute Gasteiger partial charge is 0.335 e. The summed E-state index contributed by atoms with van der Waals surface area (Å²) in [6.07, 6.45) is 6.15. The number of rotatable bonds is 2. The molecule has 1 saturated heterocycles. The summed E-state index contributed by atoms with van der Waals surface area (Å²) in [4.78, 5) is 13.7. The van der Waals surface area contributed by atoms with Crippen molar-refractivity contribution in [3.8, 4) is 12.3 Å². The summed E-state index contributed by atoms with van der Waals surface area (Å²) in [6.45, 7) is 6.68. The van der Waals surface area contributed by atoms with Gasteiger partial charge in [0.15, 0.2) is 0 Å². The third kappa shape index (κ3) is 2.49. The fourth-order valence-corrected chi connectivity index (χ4v) is 1.76. The summed E-state index contributed by atoms with van der Waals surface area (Å²) in [6, 6.07) is 0. The third-order valence-electron chi connectivity index (χ3n) is 2.58. The Morgan fingerprint density at radius 2 is 2.36 bits per heavy atom. The van der Waals surface area contributed by atoms with Gasteiger partial charge in [-0.05, 0) is 13.8 Å². The van der Waals surface area contributed by atoms with Crippen molar-refractivity contribution in [1.29, 1.82) is 0 Å². The SMILES string of the molecule is C#CCCC(=O)N1CCNCC1(C)C. The molecule has 1 rings (SSSR count). The molecule has 78 valence electrons. The van der Waals surface area contributed by atoms with E-state index in [4.69, 9.17) is 6.42 Å². The third-order valence-corrected chi connectivity index (χ3v) is 2.58. The van der Waals surface area contributed by atoms with E-state index < -0.39 is 0 Å². The van der Waals surface area contributed by atoms with Gasteiger partial charge in [-0.1, -0.05) is 0 Å². The van der Waals surface area contributed by atoms with Crippen LogP contribution in [0.3, 0.4) is 0 Å². The normalized spacial score (nSPS) is 20.2. The van der Waals surface area contributed by atoms with Crippen LogP contribution >= 0.6 is 0 Å². The summed E-state index contributed by atoms with van der Waals surface area (Å²) < 4.78 is 0. The molecule has 0 aromatic carbocycles. The highest BCUT2D eigenvalue weighted by Crippen LogP contribution is 2.17. The molecule has 0 aliphatic carbocycles. The van der Waals surface area contributed by atoms with Crippen molar-refractivity contribution < 1.29 is 4.79 Å². The molecule has 1 heterocycles. The lowest BCUT2D eigenvalue weighted by Crippen LogP contribution is -2.59. The number of amides is 1. The Kier molecular flexibility index (Phi) is 3.54. The number of hydrogen-bond donors (Lipinski definition) is 1. The molecule has 1 amide bonds. The average Bonchev–Trinajstić information content (AvgIpc) is 2.13. The number of terminal acetylenes is 1. The van der Waals surface area contributed by atoms with E-state index in [1.807, 2.05) is 4.90 Å². The van der Waals surface area contributed by atoms with Crippen molar-refractivity contribution in [2.24, 2.45) is 0 Å². The minimum Gasteiger partial charge on any atom is -0.335 e. The van der Waals surface area contributed by atoms with E-state index in [-0.39, 0.29) is 11.4 Å². The second kappa shape index (κ2) is 4.47. The molecule has 0 aromatic rings. The molecular formula is C11H18N2O. The lowest BCUT2D eigenvalue weighted by atomic mass is 9.99. The van der Waals surface area contributed by atoms with Gasteiger partial charge in [0.2, 0.25) is 5.91 Å². The lowest BCUT2D eigenvalue weighted by molar-refractivity contribution is -0.137. The quantitative estimate of drug-likeness (QED) is 0.653. The smallest absolute Gasteiger partial charge is 0.224 e. The number of nitrogens with zero attached hydrogens (tertiary/aromatic N) is 1. The van der Waals surface area contributed by atoms with Crippen LogP contribution in [0, 0.1) is 12.3 Å². The maximum atomic E-state index is 11.8. The summed E-state index contributed by atoms with van der Waals surface area (Å²) in [5.41, 5.74) is -0.0794. The van der Waals surface area contributed by atoms with Crippen LogP contribution in [0.25, 0.3) is 0 Å². The first-order valence-electron chi connectivity index (χ1n) is 5.02. The van der Waals surface area contributed by atoms with E-state index in [1.54, 1.807) is 0 Å². The van der Waals surface area contributed by atoms with Gasteiger partial charge in [0.05, 0.1) is 0 Å². The van der Waals surface area contributed by atoms with E-state index in [0.29, 0.717) is 12.8 Å². The molecule has 0 aromatic heterocycles. The standard InChI is InChI=1S/C11H18N2O/c1-4-5-6-10(14)13-8-7-12-9-11(13,2)3/h1,12H,5-9H2,2-3H3. The van der Waals surface area contributed by atoms with Gasteiger partial charge >= 0.3 is 0 Å². The van der Waals surface area contributed by atoms with Gasteiger partial charge in [0, 0.05) is 38.0 Å². The molecular weight excluding hydrogens is 176 g/mol. The first-order valence-corrected chi connectivity index (χ1v) is 5.02. The Morgan fingerprint density at radius 1 is 1.64 bits per heavy atom. The van der Waals surface area contributed by atoms with Crippen LogP contribution in [-0.4, -0.2) is 36.0 Å². The number of piperazine rings is 1. The topological polar surface area (TPSA) is 32.3 Å². The summed E-state index contributed by atoms with van der Waals surface area (Å²) in [5, 5.41) is 3.28. The predicted molar refractivity (Wildman–Crippen MR) is 56.7 cm³/mol. The number of hydrogen-bond acceptors (Lipinski definition) is 2. The highest BCUT2D eigenvalue weighted by molar-refractivity contribution is 5.77. The minimum absolute atomic E-state index is 0.0794. The molecule has 1 aliphatic rings. The predicted octanol–water partition coefficient (Wildman–Crippen LogP) is 0.610. The molecule has 3 heteroatoms. The van der Waals surface area contributed by atoms with E-state index in [0.717, 1.165) is 19.6 Å². The molecule has 3 nitrogen and oxygen atoms in total. The van der Waals surface area contributed by atoms with Gasteiger partial charge in [-0.25, -0.2) is 0 Å². The van der Waals surface area contributed by atoms with Crippen LogP contribution in [-0.2, 0) is 4.79 Å². The number of carbonyl (C=O) groups excluding carboxylic acids is 1. The Bertz CT molecular complexity index is 253. The number of carbonyl (C=O) groups is 1. The highest BCUT2D eigenvalue weighted by atomic mass is 16.2. The van der Waals surface area contributed by atoms with Gasteiger partial charge in [0.25, 0.3) is 0 Å². The van der Waals surface area contributed by atoms with Crippen LogP contribution < -0.4 is 5.32 Å². The summed E-state index contributed by atoms with van der Waals surface area (Å²) in [5.74, 6) is 2.68. The van der Waals surface area contributed by atoms with Gasteiger partial charge in [-0.2, -0.15) is 0 Å². The van der Waals surface area contributed by atoms with Crippen molar-refractivity contribution in [3.05, 3.63) is 0 Å². The van der Waals surface area contributed by atoms with E-state index in [9.17, 15) is 4.79 Å². The molecule has 14 heavy (non-hydrogen) atoms. The van der Waals surface area contributed by atoms with Gasteiger partial charge < -0.3 is 10.2 Å². The van der Waals surface area contributed by atoms with Crippen molar-refractivity contribution in [1.82, 2.24) is 10.2 Å². The molecule has 0 bridgehead atoms. The van der Waals surface area contributed by atoms with Gasteiger partial charge in [0.1, 0.15) is 0 Å². The van der Waals surface area contributed by atoms with Crippen molar-refractivity contribution in [3.63, 3.8) is 0 Å². The van der Waals surface area contributed by atoms with Crippen LogP contribution in [0.15, 0.2) is 0 Å². The molecule has 0 saturated carbocycles. The summed E-state index contributed by atoms with van der Waals surface area (Å²) >= 11 is 0. The fraction of sp³-hybridized carbons (Fsp3) is 0.727. The average molecular weight is 194 g/mol. The zero-order chi connectivity index (χ0) is 10.6. The Balaban J connectivity index is 2.56. The molecule has 0 atom stereocenters. The van der Waals surface area contributed by atoms with Gasteiger partial charge in [-0.15, -0.1) is 12.3 Å². The second-order valence-corrected chi connectivity index (χ2v) is 4.24. The van der Waals surface area contributed by atoms with Crippen LogP contribution in [0.4, 0.5) is 0 Å². The number of nitrogens with one attached hydrogen (secondary N) is 1. The second-order valence-electron chi connectivity index (χ2n) is 4.24. The molecule has 1 N–H and O–H groups in total. The Labute approximate surface area is 85.9 Å². The zero-order valence-electron chi connectivity index (χ0n) is 8.97. The van der Waals surface area contributed by atoms with Crippen LogP contribution in [0.2, 0.25) is 0 Å². The fourth-order valence-electron chi connectivity index (χ4n) is 1.76. The monoisotopic (exact) mass is 194 g/mol. The van der Waals surface area contributed by atoms with E-state index in [2.05, 4.69) is 25.1 Å². The Morgan fingerprint density at radius 3 is 2.93 bits per heavy atom. The first-order chi connectivity index (χ1) is 6.58. The van der Waals surface area contributed by atoms with Crippen molar-refractivity contribution in [2.45, 2.75) is 32.2 Å². The lowest BCUT2D eigenvalue weighted by Gasteiger charge is -2.42. The van der Waals surface area contributed by atoms with Crippen molar-refractivity contribution in [2.75, 3.05) is 19.6 Å².